The molecule has 24 heavy (non-hydrogen) atoms. The highest BCUT2D eigenvalue weighted by molar-refractivity contribution is 7.80. The number of thiocarbonyl (C=S) groups is 1. The second-order valence-electron chi connectivity index (χ2n) is 4.41. The lowest BCUT2D eigenvalue weighted by molar-refractivity contribution is -0.384. The van der Waals surface area contributed by atoms with Crippen LogP contribution in [0, 0.1) is 10.1 Å². The van der Waals surface area contributed by atoms with Gasteiger partial charge < -0.3 is 20.7 Å². The molecular weight excluding hydrogens is 403 g/mol. The molecule has 1 aromatic carbocycles. The first-order valence-electron chi connectivity index (χ1n) is 6.28. The molecule has 1 aromatic rings. The van der Waals surface area contributed by atoms with Crippen molar-refractivity contribution >= 4 is 69.4 Å². The van der Waals surface area contributed by atoms with Gasteiger partial charge in [0, 0.05) is 6.92 Å². The summed E-state index contributed by atoms with van der Waals surface area (Å²) in [6.45, 7) is 1.23. The lowest BCUT2D eigenvalue weighted by atomic mass is 10.2. The molecule has 132 valence electrons. The van der Waals surface area contributed by atoms with E-state index in [-0.39, 0.29) is 16.5 Å². The number of nitro groups is 1. The van der Waals surface area contributed by atoms with E-state index in [1.54, 1.807) is 0 Å². The maximum Gasteiger partial charge on any atom is 0.296 e. The van der Waals surface area contributed by atoms with E-state index in [1.807, 2.05) is 0 Å². The normalized spacial score (nSPS) is 12.0. The highest BCUT2D eigenvalue weighted by atomic mass is 35.6. The van der Waals surface area contributed by atoms with Crippen molar-refractivity contribution in [3.63, 3.8) is 0 Å². The number of halogens is 3. The minimum Gasteiger partial charge on any atom is -0.496 e. The molecule has 0 bridgehead atoms. The summed E-state index contributed by atoms with van der Waals surface area (Å²) in [5, 5.41) is 18.6. The molecule has 0 aliphatic heterocycles. The van der Waals surface area contributed by atoms with Crippen LogP contribution in [0.5, 0.6) is 5.75 Å². The van der Waals surface area contributed by atoms with Gasteiger partial charge in [-0.05, 0) is 24.4 Å². The highest BCUT2D eigenvalue weighted by Crippen LogP contribution is 2.30. The standard InChI is InChI=1S/C12H13Cl3N4O4S/c1-6(20)16-10(12(13,14)15)18-11(24)17-8-4-3-7(23-2)5-9(8)19(21)22/h3-5,10H,1-2H3,(H,16,20)(H2,17,18,24)/t10-/m0/s1. The summed E-state index contributed by atoms with van der Waals surface area (Å²) >= 11 is 22.3. The Bertz CT molecular complexity index is 654. The number of anilines is 1. The van der Waals surface area contributed by atoms with Crippen LogP contribution >= 0.6 is 47.0 Å². The third-order valence-corrected chi connectivity index (χ3v) is 3.47. The molecule has 0 radical (unpaired) electrons. The minimum absolute atomic E-state index is 0.0895. The number of ether oxygens (including phenoxy) is 1. The molecule has 0 aliphatic rings. The number of nitrogens with zero attached hydrogens (tertiary/aromatic N) is 1. The molecular formula is C12H13Cl3N4O4S. The second-order valence-corrected chi connectivity index (χ2v) is 7.19. The van der Waals surface area contributed by atoms with E-state index < -0.39 is 20.8 Å². The van der Waals surface area contributed by atoms with Gasteiger partial charge in [-0.1, -0.05) is 34.8 Å². The van der Waals surface area contributed by atoms with Crippen LogP contribution in [0.3, 0.4) is 0 Å². The van der Waals surface area contributed by atoms with Crippen molar-refractivity contribution in [2.75, 3.05) is 12.4 Å². The minimum atomic E-state index is -1.90. The molecule has 8 nitrogen and oxygen atoms in total. The Kier molecular flexibility index (Phi) is 7.27. The van der Waals surface area contributed by atoms with Gasteiger partial charge in [-0.15, -0.1) is 0 Å². The van der Waals surface area contributed by atoms with Crippen molar-refractivity contribution in [1.82, 2.24) is 10.6 Å². The van der Waals surface area contributed by atoms with Gasteiger partial charge in [0.15, 0.2) is 5.11 Å². The number of methoxy groups -OCH3 is 1. The Morgan fingerprint density at radius 2 is 2.00 bits per heavy atom. The fourth-order valence-electron chi connectivity index (χ4n) is 1.59. The zero-order valence-electron chi connectivity index (χ0n) is 12.4. The molecule has 0 aromatic heterocycles. The Balaban J connectivity index is 2.94. The number of hydrogen-bond donors (Lipinski definition) is 3. The van der Waals surface area contributed by atoms with Gasteiger partial charge in [0.05, 0.1) is 18.1 Å². The summed E-state index contributed by atoms with van der Waals surface area (Å²) < 4.78 is 3.04. The molecule has 0 fully saturated rings. The van der Waals surface area contributed by atoms with E-state index in [0.29, 0.717) is 5.75 Å². The molecule has 0 spiro atoms. The zero-order valence-corrected chi connectivity index (χ0v) is 15.5. The SMILES string of the molecule is COc1ccc(NC(=S)N[C@H](NC(C)=O)C(Cl)(Cl)Cl)c([N+](=O)[O-])c1. The lowest BCUT2D eigenvalue weighted by Crippen LogP contribution is -2.55. The predicted molar refractivity (Wildman–Crippen MR) is 96.9 cm³/mol. The summed E-state index contributed by atoms with van der Waals surface area (Å²) in [5.41, 5.74) is -0.160. The molecule has 0 saturated heterocycles. The number of hydrogen-bond acceptors (Lipinski definition) is 5. The van der Waals surface area contributed by atoms with Gasteiger partial charge in [0.25, 0.3) is 5.69 Å². The molecule has 0 saturated carbocycles. The van der Waals surface area contributed by atoms with Crippen LogP contribution in [0.15, 0.2) is 18.2 Å². The van der Waals surface area contributed by atoms with E-state index in [1.165, 1.54) is 32.2 Å². The van der Waals surface area contributed by atoms with Gasteiger partial charge >= 0.3 is 0 Å². The van der Waals surface area contributed by atoms with E-state index in [0.717, 1.165) is 0 Å². The average Bonchev–Trinajstić information content (AvgIpc) is 2.45. The Morgan fingerprint density at radius 1 is 1.38 bits per heavy atom. The number of nitrogens with one attached hydrogen (secondary N) is 3. The van der Waals surface area contributed by atoms with Gasteiger partial charge in [0.1, 0.15) is 17.6 Å². The van der Waals surface area contributed by atoms with Crippen LogP contribution in [0.1, 0.15) is 6.92 Å². The average molecular weight is 416 g/mol. The van der Waals surface area contributed by atoms with Gasteiger partial charge in [0.2, 0.25) is 9.70 Å². The second kappa shape index (κ2) is 8.52. The summed E-state index contributed by atoms with van der Waals surface area (Å²) in [6, 6.07) is 4.15. The Labute approximate surface area is 157 Å². The largest absolute Gasteiger partial charge is 0.496 e. The summed E-state index contributed by atoms with van der Waals surface area (Å²) in [4.78, 5) is 21.7. The number of carbonyl (C=O) groups is 1. The van der Waals surface area contributed by atoms with Crippen LogP contribution in [0.25, 0.3) is 0 Å². The number of benzene rings is 1. The van der Waals surface area contributed by atoms with E-state index in [9.17, 15) is 14.9 Å². The van der Waals surface area contributed by atoms with Crippen LogP contribution < -0.4 is 20.7 Å². The number of carbonyl (C=O) groups excluding carboxylic acids is 1. The fourth-order valence-corrected chi connectivity index (χ4v) is 2.14. The topological polar surface area (TPSA) is 106 Å². The summed E-state index contributed by atoms with van der Waals surface area (Å²) in [7, 11) is 1.39. The molecule has 1 atom stereocenters. The fraction of sp³-hybridized carbons (Fsp3) is 0.333. The predicted octanol–water partition coefficient (Wildman–Crippen LogP) is 2.72. The molecule has 0 aliphatic carbocycles. The van der Waals surface area contributed by atoms with Crippen molar-refractivity contribution in [1.29, 1.82) is 0 Å². The van der Waals surface area contributed by atoms with Crippen molar-refractivity contribution in [3.05, 3.63) is 28.3 Å². The van der Waals surface area contributed by atoms with E-state index >= 15 is 0 Å². The van der Waals surface area contributed by atoms with Gasteiger partial charge in [-0.3, -0.25) is 14.9 Å². The molecule has 3 N–H and O–H groups in total. The maximum absolute atomic E-state index is 11.2. The van der Waals surface area contributed by atoms with Crippen molar-refractivity contribution in [3.8, 4) is 5.75 Å². The number of nitro benzene ring substituents is 1. The lowest BCUT2D eigenvalue weighted by Gasteiger charge is -2.27. The number of rotatable bonds is 5. The van der Waals surface area contributed by atoms with Crippen molar-refractivity contribution in [2.45, 2.75) is 16.9 Å². The smallest absolute Gasteiger partial charge is 0.296 e. The van der Waals surface area contributed by atoms with Gasteiger partial charge in [-0.25, -0.2) is 0 Å². The third-order valence-electron chi connectivity index (χ3n) is 2.60. The highest BCUT2D eigenvalue weighted by Gasteiger charge is 2.34. The monoisotopic (exact) mass is 414 g/mol. The molecule has 12 heteroatoms. The third kappa shape index (κ3) is 6.16. The molecule has 1 amide bonds. The van der Waals surface area contributed by atoms with E-state index in [2.05, 4.69) is 16.0 Å². The van der Waals surface area contributed by atoms with Crippen LogP contribution in [-0.4, -0.2) is 33.0 Å². The van der Waals surface area contributed by atoms with Crippen LogP contribution in [0.2, 0.25) is 0 Å². The van der Waals surface area contributed by atoms with Gasteiger partial charge in [-0.2, -0.15) is 0 Å². The van der Waals surface area contributed by atoms with E-state index in [4.69, 9.17) is 51.8 Å². The Hall–Kier alpha value is -1.55. The maximum atomic E-state index is 11.2. The number of alkyl halides is 3. The first-order valence-corrected chi connectivity index (χ1v) is 7.82. The molecule has 0 unspecified atom stereocenters. The molecule has 1 rings (SSSR count). The summed E-state index contributed by atoms with van der Waals surface area (Å²) in [6.07, 6.45) is -1.14. The number of amides is 1. The first kappa shape index (κ1) is 20.5. The zero-order chi connectivity index (χ0) is 18.5. The molecule has 0 heterocycles. The first-order chi connectivity index (χ1) is 11.0. The van der Waals surface area contributed by atoms with Crippen LogP contribution in [0.4, 0.5) is 11.4 Å². The summed E-state index contributed by atoms with van der Waals surface area (Å²) in [5.74, 6) is -0.152. The van der Waals surface area contributed by atoms with Crippen molar-refractivity contribution < 1.29 is 14.5 Å². The van der Waals surface area contributed by atoms with Crippen LogP contribution in [-0.2, 0) is 4.79 Å². The quantitative estimate of drug-likeness (QED) is 0.223. The Morgan fingerprint density at radius 3 is 2.46 bits per heavy atom. The van der Waals surface area contributed by atoms with Crippen molar-refractivity contribution in [2.24, 2.45) is 0 Å².